The van der Waals surface area contributed by atoms with Crippen LogP contribution in [0.5, 0.6) is 0 Å². The first-order valence-corrected chi connectivity index (χ1v) is 5.10. The van der Waals surface area contributed by atoms with E-state index in [4.69, 9.17) is 10.8 Å². The van der Waals surface area contributed by atoms with Gasteiger partial charge >= 0.3 is 12.0 Å². The zero-order chi connectivity index (χ0) is 11.4. The molecule has 2 amide bonds. The fourth-order valence-electron chi connectivity index (χ4n) is 1.18. The monoisotopic (exact) mass is 229 g/mol. The molecule has 1 aromatic heterocycles. The Morgan fingerprint density at radius 3 is 2.80 bits per heavy atom. The number of aromatic nitrogens is 1. The molecule has 0 spiro atoms. The standard InChI is InChI=1S/C8H11N3O3S/c1-5(4-6(12)13)11(7(9)14)8-10-2-3-15-8/h2-3,5H,4H2,1H3,(H2,9,14)(H,12,13). The van der Waals surface area contributed by atoms with Crippen molar-refractivity contribution in [3.63, 3.8) is 0 Å². The summed E-state index contributed by atoms with van der Waals surface area (Å²) in [7, 11) is 0. The second-order valence-electron chi connectivity index (χ2n) is 2.97. The summed E-state index contributed by atoms with van der Waals surface area (Å²) in [6, 6.07) is -1.20. The lowest BCUT2D eigenvalue weighted by atomic mass is 10.2. The number of aliphatic carboxylic acids is 1. The van der Waals surface area contributed by atoms with E-state index in [9.17, 15) is 9.59 Å². The molecule has 0 aliphatic carbocycles. The third kappa shape index (κ3) is 2.91. The molecule has 15 heavy (non-hydrogen) atoms. The highest BCUT2D eigenvalue weighted by molar-refractivity contribution is 7.13. The molecule has 1 heterocycles. The van der Waals surface area contributed by atoms with Crippen molar-refractivity contribution in [1.29, 1.82) is 0 Å². The van der Waals surface area contributed by atoms with Crippen molar-refractivity contribution in [2.75, 3.05) is 4.90 Å². The number of rotatable bonds is 4. The summed E-state index contributed by atoms with van der Waals surface area (Å²) in [5.74, 6) is -0.981. The molecule has 0 aliphatic rings. The van der Waals surface area contributed by atoms with Gasteiger partial charge in [0.25, 0.3) is 0 Å². The van der Waals surface area contributed by atoms with Crippen molar-refractivity contribution in [3.05, 3.63) is 11.6 Å². The minimum Gasteiger partial charge on any atom is -0.481 e. The second-order valence-corrected chi connectivity index (χ2v) is 3.84. The lowest BCUT2D eigenvalue weighted by molar-refractivity contribution is -0.137. The number of hydrogen-bond donors (Lipinski definition) is 2. The number of primary amides is 1. The molecule has 1 rings (SSSR count). The SMILES string of the molecule is CC(CC(=O)O)N(C(N)=O)c1nccs1. The Labute approximate surface area is 90.3 Å². The van der Waals surface area contributed by atoms with Crippen LogP contribution in [0.15, 0.2) is 11.6 Å². The molecular weight excluding hydrogens is 218 g/mol. The van der Waals surface area contributed by atoms with Crippen LogP contribution in [0.4, 0.5) is 9.93 Å². The Hall–Kier alpha value is -1.63. The average Bonchev–Trinajstić information content (AvgIpc) is 2.54. The predicted molar refractivity (Wildman–Crippen MR) is 55.9 cm³/mol. The largest absolute Gasteiger partial charge is 0.481 e. The smallest absolute Gasteiger partial charge is 0.321 e. The Balaban J connectivity index is 2.84. The van der Waals surface area contributed by atoms with Crippen LogP contribution in [0.25, 0.3) is 0 Å². The molecule has 3 N–H and O–H groups in total. The van der Waals surface area contributed by atoms with E-state index in [0.29, 0.717) is 5.13 Å². The first-order valence-electron chi connectivity index (χ1n) is 4.22. The lowest BCUT2D eigenvalue weighted by Gasteiger charge is -2.23. The van der Waals surface area contributed by atoms with Crippen LogP contribution in [-0.4, -0.2) is 28.1 Å². The number of nitrogens with zero attached hydrogens (tertiary/aromatic N) is 2. The molecule has 6 nitrogen and oxygen atoms in total. The minimum atomic E-state index is -0.981. The number of urea groups is 1. The number of nitrogens with two attached hydrogens (primary N) is 1. The molecule has 7 heteroatoms. The third-order valence-corrected chi connectivity index (χ3v) is 2.54. The van der Waals surface area contributed by atoms with Crippen molar-refractivity contribution < 1.29 is 14.7 Å². The van der Waals surface area contributed by atoms with Gasteiger partial charge in [0.15, 0.2) is 5.13 Å². The van der Waals surface area contributed by atoms with Gasteiger partial charge < -0.3 is 10.8 Å². The maximum atomic E-state index is 11.1. The summed E-state index contributed by atoms with van der Waals surface area (Å²) in [6.07, 6.45) is 1.37. The third-order valence-electron chi connectivity index (χ3n) is 1.77. The van der Waals surface area contributed by atoms with Crippen LogP contribution in [0, 0.1) is 0 Å². The maximum absolute atomic E-state index is 11.1. The zero-order valence-electron chi connectivity index (χ0n) is 8.08. The first kappa shape index (κ1) is 11.4. The van der Waals surface area contributed by atoms with Crippen LogP contribution in [-0.2, 0) is 4.79 Å². The van der Waals surface area contributed by atoms with Gasteiger partial charge in [-0.1, -0.05) is 0 Å². The topological polar surface area (TPSA) is 96.5 Å². The van der Waals surface area contributed by atoms with Crippen molar-refractivity contribution >= 4 is 28.5 Å². The molecule has 0 aliphatic heterocycles. The molecule has 0 radical (unpaired) electrons. The van der Waals surface area contributed by atoms with E-state index in [1.54, 1.807) is 12.3 Å². The highest BCUT2D eigenvalue weighted by atomic mass is 32.1. The van der Waals surface area contributed by atoms with Gasteiger partial charge in [-0.05, 0) is 6.92 Å². The van der Waals surface area contributed by atoms with Gasteiger partial charge in [-0.15, -0.1) is 11.3 Å². The van der Waals surface area contributed by atoms with Crippen LogP contribution in [0.2, 0.25) is 0 Å². The van der Waals surface area contributed by atoms with Gasteiger partial charge in [-0.3, -0.25) is 9.69 Å². The summed E-state index contributed by atoms with van der Waals surface area (Å²) in [6.45, 7) is 1.61. The number of carbonyl (C=O) groups is 2. The number of carboxylic acid groups (broad SMARTS) is 1. The second kappa shape index (κ2) is 4.74. The summed E-state index contributed by atoms with van der Waals surface area (Å²) >= 11 is 1.24. The number of carboxylic acids is 1. The quantitative estimate of drug-likeness (QED) is 0.801. The Bertz CT molecular complexity index is 352. The van der Waals surface area contributed by atoms with Crippen molar-refractivity contribution in [2.24, 2.45) is 5.73 Å². The van der Waals surface area contributed by atoms with Crippen LogP contribution in [0.1, 0.15) is 13.3 Å². The van der Waals surface area contributed by atoms with Crippen molar-refractivity contribution in [2.45, 2.75) is 19.4 Å². The highest BCUT2D eigenvalue weighted by Gasteiger charge is 2.23. The zero-order valence-corrected chi connectivity index (χ0v) is 8.90. The number of amides is 2. The number of thiazole rings is 1. The van der Waals surface area contributed by atoms with Gasteiger partial charge in [0, 0.05) is 17.6 Å². The van der Waals surface area contributed by atoms with Crippen molar-refractivity contribution in [3.8, 4) is 0 Å². The highest BCUT2D eigenvalue weighted by Crippen LogP contribution is 2.20. The molecule has 0 bridgehead atoms. The average molecular weight is 229 g/mol. The fraction of sp³-hybridized carbons (Fsp3) is 0.375. The van der Waals surface area contributed by atoms with Gasteiger partial charge in [-0.25, -0.2) is 9.78 Å². The summed E-state index contributed by atoms with van der Waals surface area (Å²) < 4.78 is 0. The molecule has 1 unspecified atom stereocenters. The van der Waals surface area contributed by atoms with E-state index in [0.717, 1.165) is 0 Å². The van der Waals surface area contributed by atoms with Crippen LogP contribution < -0.4 is 10.6 Å². The van der Waals surface area contributed by atoms with E-state index in [1.165, 1.54) is 22.4 Å². The molecular formula is C8H11N3O3S. The fourth-order valence-corrected chi connectivity index (χ4v) is 1.93. The molecule has 82 valence electrons. The molecule has 0 saturated carbocycles. The molecule has 0 saturated heterocycles. The Kier molecular flexibility index (Phi) is 3.62. The van der Waals surface area contributed by atoms with E-state index < -0.39 is 18.0 Å². The van der Waals surface area contributed by atoms with Crippen molar-refractivity contribution in [1.82, 2.24) is 4.98 Å². The number of anilines is 1. The van der Waals surface area contributed by atoms with Gasteiger partial charge in [-0.2, -0.15) is 0 Å². The van der Waals surface area contributed by atoms with Gasteiger partial charge in [0.1, 0.15) is 0 Å². The van der Waals surface area contributed by atoms with Crippen LogP contribution in [0.3, 0.4) is 0 Å². The molecule has 0 aromatic carbocycles. The predicted octanol–water partition coefficient (Wildman–Crippen LogP) is 0.891. The van der Waals surface area contributed by atoms with E-state index in [-0.39, 0.29) is 6.42 Å². The normalized spacial score (nSPS) is 12.1. The lowest BCUT2D eigenvalue weighted by Crippen LogP contribution is -2.43. The summed E-state index contributed by atoms with van der Waals surface area (Å²) in [4.78, 5) is 26.7. The van der Waals surface area contributed by atoms with Gasteiger partial charge in [0.2, 0.25) is 0 Å². The number of carbonyl (C=O) groups excluding carboxylic acids is 1. The van der Waals surface area contributed by atoms with E-state index in [1.807, 2.05) is 0 Å². The summed E-state index contributed by atoms with van der Waals surface area (Å²) in [5.41, 5.74) is 5.17. The number of hydrogen-bond acceptors (Lipinski definition) is 4. The summed E-state index contributed by atoms with van der Waals surface area (Å²) in [5, 5.41) is 10.7. The maximum Gasteiger partial charge on any atom is 0.321 e. The van der Waals surface area contributed by atoms with Crippen LogP contribution >= 0.6 is 11.3 Å². The Morgan fingerprint density at radius 2 is 2.40 bits per heavy atom. The first-order chi connectivity index (χ1) is 7.02. The van der Waals surface area contributed by atoms with E-state index in [2.05, 4.69) is 4.98 Å². The van der Waals surface area contributed by atoms with E-state index >= 15 is 0 Å². The molecule has 0 fully saturated rings. The molecule has 1 atom stereocenters. The van der Waals surface area contributed by atoms with Gasteiger partial charge in [0.05, 0.1) is 6.42 Å². The molecule has 1 aromatic rings. The Morgan fingerprint density at radius 1 is 1.73 bits per heavy atom. The minimum absolute atomic E-state index is 0.164.